The van der Waals surface area contributed by atoms with E-state index in [1.165, 1.54) is 0 Å². The summed E-state index contributed by atoms with van der Waals surface area (Å²) in [6.45, 7) is 4.13. The highest BCUT2D eigenvalue weighted by molar-refractivity contribution is 7.87. The Balaban J connectivity index is 1.73. The van der Waals surface area contributed by atoms with E-state index < -0.39 is 27.6 Å². The minimum Gasteiger partial charge on any atom is -0.383 e. The summed E-state index contributed by atoms with van der Waals surface area (Å²) in [5, 5.41) is 9.35. The molecule has 2 aromatic carbocycles. The van der Waals surface area contributed by atoms with Gasteiger partial charge in [-0.1, -0.05) is 36.4 Å². The maximum Gasteiger partial charge on any atom is 0.262 e. The van der Waals surface area contributed by atoms with Crippen LogP contribution in [0.2, 0.25) is 0 Å². The third-order valence-corrected chi connectivity index (χ3v) is 8.34. The number of carbonyl (C=O) groups excluding carboxylic acids is 1. The molecule has 0 radical (unpaired) electrons. The molecule has 2 atom stereocenters. The number of rotatable bonds is 10. The number of nitrogens with zero attached hydrogens (tertiary/aromatic N) is 1. The molecule has 180 valence electrons. The van der Waals surface area contributed by atoms with E-state index in [1.807, 2.05) is 36.4 Å². The summed E-state index contributed by atoms with van der Waals surface area (Å²) in [7, 11) is 0.0264. The van der Waals surface area contributed by atoms with E-state index in [4.69, 9.17) is 4.74 Å². The van der Waals surface area contributed by atoms with Crippen LogP contribution >= 0.6 is 0 Å². The van der Waals surface area contributed by atoms with Crippen LogP contribution in [-0.2, 0) is 26.8 Å². The lowest BCUT2D eigenvalue weighted by Gasteiger charge is -2.39. The Bertz CT molecular complexity index is 926. The topological polar surface area (TPSA) is 78.9 Å². The van der Waals surface area contributed by atoms with Crippen LogP contribution in [0.3, 0.4) is 0 Å². The van der Waals surface area contributed by atoms with Gasteiger partial charge in [-0.05, 0) is 61.4 Å². The first-order valence-corrected chi connectivity index (χ1v) is 12.5. The summed E-state index contributed by atoms with van der Waals surface area (Å²) >= 11 is 0. The van der Waals surface area contributed by atoms with Crippen LogP contribution in [-0.4, -0.2) is 64.5 Å². The molecular weight excluding hydrogens is 443 g/mol. The number of hydrogen-bond donors (Lipinski definition) is 2. The van der Waals surface area contributed by atoms with Gasteiger partial charge < -0.3 is 9.64 Å². The Kier molecular flexibility index (Phi) is 9.14. The number of amides is 1. The van der Waals surface area contributed by atoms with E-state index in [0.717, 1.165) is 23.2 Å². The molecule has 3 rings (SSSR count). The van der Waals surface area contributed by atoms with E-state index in [-0.39, 0.29) is 0 Å². The third kappa shape index (κ3) is 6.26. The zero-order valence-corrected chi connectivity index (χ0v) is 20.1. The summed E-state index contributed by atoms with van der Waals surface area (Å²) < 4.78 is 30.5. The fourth-order valence-electron chi connectivity index (χ4n) is 4.18. The van der Waals surface area contributed by atoms with E-state index in [1.54, 1.807) is 31.6 Å². The minimum absolute atomic E-state index is 0.385. The number of likely N-dealkylation sites (tertiary alicyclic amines) is 1. The summed E-state index contributed by atoms with van der Waals surface area (Å²) in [6.07, 6.45) is 1.17. The van der Waals surface area contributed by atoms with Gasteiger partial charge in [-0.2, -0.15) is 0 Å². The number of nitrogens with one attached hydrogen (secondary N) is 1. The molecule has 0 saturated carbocycles. The lowest BCUT2D eigenvalue weighted by Crippen LogP contribution is -2.56. The van der Waals surface area contributed by atoms with Crippen LogP contribution in [0.5, 0.6) is 0 Å². The van der Waals surface area contributed by atoms with Gasteiger partial charge in [-0.3, -0.25) is 14.2 Å². The molecule has 8 heteroatoms. The molecule has 1 heterocycles. The molecular formula is C25H33FN2O4S. The van der Waals surface area contributed by atoms with Crippen molar-refractivity contribution in [3.63, 3.8) is 0 Å². The quantitative estimate of drug-likeness (QED) is 0.404. The zero-order chi connectivity index (χ0) is 23.8. The van der Waals surface area contributed by atoms with Gasteiger partial charge in [-0.15, -0.1) is 0 Å². The number of aryl methyl sites for hydroxylation is 1. The summed E-state index contributed by atoms with van der Waals surface area (Å²) in [4.78, 5) is 15.3. The molecule has 1 aliphatic rings. The largest absolute Gasteiger partial charge is 0.383 e. The Morgan fingerprint density at radius 3 is 2.24 bits per heavy atom. The van der Waals surface area contributed by atoms with Crippen molar-refractivity contribution in [3.8, 4) is 11.1 Å². The summed E-state index contributed by atoms with van der Waals surface area (Å²) in [5.41, 5.74) is 4.82. The molecule has 2 N–H and O–H groups in total. The highest BCUT2D eigenvalue weighted by Gasteiger charge is 2.47. The van der Waals surface area contributed by atoms with Crippen LogP contribution in [0.25, 0.3) is 11.1 Å². The Morgan fingerprint density at radius 2 is 1.73 bits per heavy atom. The Labute approximate surface area is 197 Å². The molecule has 0 aromatic heterocycles. The van der Waals surface area contributed by atoms with Crippen LogP contribution in [0, 0.1) is 0 Å². The molecule has 1 aliphatic heterocycles. The average Bonchev–Trinajstić information content (AvgIpc) is 2.86. The van der Waals surface area contributed by atoms with Gasteiger partial charge >= 0.3 is 0 Å². The van der Waals surface area contributed by atoms with Crippen molar-refractivity contribution in [1.82, 2.24) is 10.4 Å². The van der Waals surface area contributed by atoms with Crippen LogP contribution in [0.1, 0.15) is 31.7 Å². The molecule has 1 saturated heterocycles. The normalized spacial score (nSPS) is 17.9. The van der Waals surface area contributed by atoms with Gasteiger partial charge in [0, 0.05) is 31.6 Å². The number of methoxy groups -OCH3 is 1. The number of hydrogen-bond acceptors (Lipinski definition) is 5. The zero-order valence-electron chi connectivity index (χ0n) is 19.3. The second-order valence-electron chi connectivity index (χ2n) is 8.58. The van der Waals surface area contributed by atoms with Crippen LogP contribution in [0.15, 0.2) is 53.4 Å². The van der Waals surface area contributed by atoms with E-state index in [2.05, 4.69) is 4.90 Å². The van der Waals surface area contributed by atoms with Gasteiger partial charge in [0.05, 0.1) is 23.6 Å². The molecule has 1 fully saturated rings. The first-order valence-electron chi connectivity index (χ1n) is 11.3. The number of alkyl halides is 1. The average molecular weight is 477 g/mol. The second kappa shape index (κ2) is 11.8. The first-order chi connectivity index (χ1) is 15.9. The third-order valence-electron chi connectivity index (χ3n) is 6.33. The van der Waals surface area contributed by atoms with Gasteiger partial charge in [0.15, 0.2) is 0 Å². The number of halogens is 1. The van der Waals surface area contributed by atoms with Crippen molar-refractivity contribution in [2.45, 2.75) is 48.4 Å². The van der Waals surface area contributed by atoms with Gasteiger partial charge in [0.25, 0.3) is 5.91 Å². The van der Waals surface area contributed by atoms with Crippen molar-refractivity contribution in [3.05, 3.63) is 54.1 Å². The fraction of sp³-hybridized carbons (Fsp3) is 0.480. The molecule has 0 aliphatic carbocycles. The highest BCUT2D eigenvalue weighted by Crippen LogP contribution is 2.34. The Morgan fingerprint density at radius 1 is 1.15 bits per heavy atom. The summed E-state index contributed by atoms with van der Waals surface area (Å²) in [6, 6.07) is 15.4. The standard InChI is InChI=1S/C25H33FN2O4S/c1-19(26)3-4-20-5-7-21(8-6-20)22-9-11-23(12-10-22)33(31)25(24(29)27-30)13-15-28(16-14-25)17-18-32-2/h5-12,19,30H,3-4,13-18H2,1-2H3,(H,27,29). The SMILES string of the molecule is COCCN1CCC(C(=O)NO)(S(=O)c2ccc(-c3ccc(CCC(C)F)cc3)cc2)CC1. The van der Waals surface area contributed by atoms with Crippen LogP contribution in [0.4, 0.5) is 4.39 Å². The van der Waals surface area contributed by atoms with Crippen molar-refractivity contribution in [2.24, 2.45) is 0 Å². The fourth-order valence-corrected chi connectivity index (χ4v) is 5.78. The van der Waals surface area contributed by atoms with Gasteiger partial charge in [-0.25, -0.2) is 9.87 Å². The molecule has 2 unspecified atom stereocenters. The number of piperidine rings is 1. The molecule has 6 nitrogen and oxygen atoms in total. The highest BCUT2D eigenvalue weighted by atomic mass is 32.2. The smallest absolute Gasteiger partial charge is 0.262 e. The van der Waals surface area contributed by atoms with Gasteiger partial charge in [0.1, 0.15) is 4.75 Å². The number of benzene rings is 2. The molecule has 0 bridgehead atoms. The maximum atomic E-state index is 13.5. The van der Waals surface area contributed by atoms with Gasteiger partial charge in [0.2, 0.25) is 0 Å². The van der Waals surface area contributed by atoms with Crippen molar-refractivity contribution >= 4 is 16.7 Å². The van der Waals surface area contributed by atoms with Crippen molar-refractivity contribution < 1.29 is 23.3 Å². The number of carbonyl (C=O) groups is 1. The molecule has 33 heavy (non-hydrogen) atoms. The van der Waals surface area contributed by atoms with E-state index in [0.29, 0.717) is 50.3 Å². The minimum atomic E-state index is -1.62. The monoisotopic (exact) mass is 476 g/mol. The second-order valence-corrected chi connectivity index (χ2v) is 10.4. The van der Waals surface area contributed by atoms with Crippen molar-refractivity contribution in [2.75, 3.05) is 33.4 Å². The van der Waals surface area contributed by atoms with Crippen LogP contribution < -0.4 is 5.48 Å². The molecule has 1 amide bonds. The Hall–Kier alpha value is -2.13. The predicted molar refractivity (Wildman–Crippen MR) is 127 cm³/mol. The van der Waals surface area contributed by atoms with E-state index >= 15 is 0 Å². The predicted octanol–water partition coefficient (Wildman–Crippen LogP) is 3.74. The maximum absolute atomic E-state index is 13.5. The molecule has 2 aromatic rings. The number of ether oxygens (including phenoxy) is 1. The summed E-state index contributed by atoms with van der Waals surface area (Å²) in [5.74, 6) is -0.602. The lowest BCUT2D eigenvalue weighted by atomic mass is 9.95. The van der Waals surface area contributed by atoms with E-state index in [9.17, 15) is 18.6 Å². The molecule has 0 spiro atoms. The number of hydroxylamine groups is 1. The first kappa shape index (κ1) is 25.5. The van der Waals surface area contributed by atoms with Crippen molar-refractivity contribution in [1.29, 1.82) is 0 Å². The lowest BCUT2D eigenvalue weighted by molar-refractivity contribution is -0.133.